The van der Waals surface area contributed by atoms with Gasteiger partial charge in [0.2, 0.25) is 0 Å². The Morgan fingerprint density at radius 2 is 1.97 bits per heavy atom. The maximum Gasteiger partial charge on any atom is 0.341 e. The molecule has 0 saturated heterocycles. The molecule has 1 N–H and O–H groups in total. The van der Waals surface area contributed by atoms with Gasteiger partial charge in [-0.3, -0.25) is 4.79 Å². The van der Waals surface area contributed by atoms with Crippen molar-refractivity contribution < 1.29 is 18.7 Å². The van der Waals surface area contributed by atoms with Gasteiger partial charge in [0.15, 0.2) is 0 Å². The molecule has 2 aromatic heterocycles. The standard InChI is InChI=1S/C22H16Cl2N2O4S/c1-11-12(2)31-21(19(11)22(28)29-3)26-20(27)13(10-25)8-15-5-7-18(30-15)16-6-4-14(23)9-17(16)24/h4-9H,1-3H3,(H,26,27)/b13-8+. The van der Waals surface area contributed by atoms with Crippen LogP contribution in [0.2, 0.25) is 10.0 Å². The van der Waals surface area contributed by atoms with Crippen LogP contribution in [0.4, 0.5) is 5.00 Å². The number of nitriles is 1. The third-order valence-corrected chi connectivity index (χ3v) is 6.15. The van der Waals surface area contributed by atoms with E-state index < -0.39 is 11.9 Å². The van der Waals surface area contributed by atoms with Gasteiger partial charge in [0, 0.05) is 21.5 Å². The van der Waals surface area contributed by atoms with Crippen molar-refractivity contribution in [1.82, 2.24) is 0 Å². The molecule has 1 amide bonds. The van der Waals surface area contributed by atoms with E-state index in [1.807, 2.05) is 13.0 Å². The highest BCUT2D eigenvalue weighted by molar-refractivity contribution is 7.16. The van der Waals surface area contributed by atoms with Crippen molar-refractivity contribution in [2.75, 3.05) is 12.4 Å². The second kappa shape index (κ2) is 9.40. The minimum absolute atomic E-state index is 0.192. The summed E-state index contributed by atoms with van der Waals surface area (Å²) in [4.78, 5) is 25.6. The van der Waals surface area contributed by atoms with Crippen LogP contribution < -0.4 is 5.32 Å². The molecule has 158 valence electrons. The molecule has 0 unspecified atom stereocenters. The lowest BCUT2D eigenvalue weighted by atomic mass is 10.1. The van der Waals surface area contributed by atoms with Crippen molar-refractivity contribution >= 4 is 57.5 Å². The fourth-order valence-electron chi connectivity index (χ4n) is 2.79. The Bertz CT molecular complexity index is 1250. The molecule has 9 heteroatoms. The molecule has 0 saturated carbocycles. The van der Waals surface area contributed by atoms with E-state index in [4.69, 9.17) is 32.4 Å². The zero-order valence-electron chi connectivity index (χ0n) is 16.7. The molecular formula is C22H16Cl2N2O4S. The molecule has 0 aliphatic rings. The number of ether oxygens (including phenoxy) is 1. The summed E-state index contributed by atoms with van der Waals surface area (Å²) in [5.41, 5.74) is 1.42. The molecule has 0 fully saturated rings. The third-order valence-electron chi connectivity index (χ3n) is 4.48. The molecule has 6 nitrogen and oxygen atoms in total. The lowest BCUT2D eigenvalue weighted by Gasteiger charge is -2.05. The maximum absolute atomic E-state index is 12.7. The van der Waals surface area contributed by atoms with Gasteiger partial charge < -0.3 is 14.5 Å². The molecule has 0 spiro atoms. The zero-order chi connectivity index (χ0) is 22.7. The van der Waals surface area contributed by atoms with Gasteiger partial charge >= 0.3 is 5.97 Å². The number of nitrogens with one attached hydrogen (secondary N) is 1. The average molecular weight is 475 g/mol. The van der Waals surface area contributed by atoms with Crippen LogP contribution in [0.25, 0.3) is 17.4 Å². The van der Waals surface area contributed by atoms with Crippen LogP contribution in [0.3, 0.4) is 0 Å². The summed E-state index contributed by atoms with van der Waals surface area (Å²) < 4.78 is 10.5. The van der Waals surface area contributed by atoms with Gasteiger partial charge in [-0.15, -0.1) is 11.3 Å². The first-order chi connectivity index (χ1) is 14.7. The van der Waals surface area contributed by atoms with Crippen LogP contribution in [0.5, 0.6) is 0 Å². The van der Waals surface area contributed by atoms with E-state index in [1.165, 1.54) is 24.5 Å². The lowest BCUT2D eigenvalue weighted by molar-refractivity contribution is -0.112. The molecule has 0 aliphatic carbocycles. The number of anilines is 1. The van der Waals surface area contributed by atoms with Crippen LogP contribution in [0, 0.1) is 25.2 Å². The number of furan rings is 1. The molecule has 3 rings (SSSR count). The molecule has 0 radical (unpaired) electrons. The van der Waals surface area contributed by atoms with Gasteiger partial charge in [-0.25, -0.2) is 4.79 Å². The number of esters is 1. The first-order valence-electron chi connectivity index (χ1n) is 8.91. The van der Waals surface area contributed by atoms with Crippen molar-refractivity contribution in [1.29, 1.82) is 5.26 Å². The highest BCUT2D eigenvalue weighted by Gasteiger charge is 2.23. The van der Waals surface area contributed by atoms with Gasteiger partial charge in [0.05, 0.1) is 17.7 Å². The topological polar surface area (TPSA) is 92.3 Å². The fourth-order valence-corrected chi connectivity index (χ4v) is 4.33. The maximum atomic E-state index is 12.7. The molecular weight excluding hydrogens is 459 g/mol. The van der Waals surface area contributed by atoms with Crippen molar-refractivity contribution in [3.05, 3.63) is 67.7 Å². The number of amides is 1. The molecule has 0 bridgehead atoms. The Hall–Kier alpha value is -3.05. The number of hydrogen-bond donors (Lipinski definition) is 1. The van der Waals surface area contributed by atoms with Crippen molar-refractivity contribution in [2.24, 2.45) is 0 Å². The average Bonchev–Trinajstić information content (AvgIpc) is 3.30. The smallest absolute Gasteiger partial charge is 0.341 e. The number of carbonyl (C=O) groups excluding carboxylic acids is 2. The Balaban J connectivity index is 1.87. The number of hydrogen-bond acceptors (Lipinski definition) is 6. The summed E-state index contributed by atoms with van der Waals surface area (Å²) in [6.07, 6.45) is 1.31. The fraction of sp³-hybridized carbons (Fsp3) is 0.136. The van der Waals surface area contributed by atoms with Gasteiger partial charge in [0.1, 0.15) is 28.2 Å². The van der Waals surface area contributed by atoms with E-state index in [9.17, 15) is 14.9 Å². The first kappa shape index (κ1) is 22.6. The number of carbonyl (C=O) groups is 2. The normalized spacial score (nSPS) is 11.2. The summed E-state index contributed by atoms with van der Waals surface area (Å²) in [6, 6.07) is 10.1. The number of halogens is 2. The number of methoxy groups -OCH3 is 1. The van der Waals surface area contributed by atoms with Crippen molar-refractivity contribution in [2.45, 2.75) is 13.8 Å². The van der Waals surface area contributed by atoms with Gasteiger partial charge in [-0.1, -0.05) is 23.2 Å². The Morgan fingerprint density at radius 1 is 1.23 bits per heavy atom. The van der Waals surface area contributed by atoms with Gasteiger partial charge in [-0.2, -0.15) is 5.26 Å². The largest absolute Gasteiger partial charge is 0.465 e. The van der Waals surface area contributed by atoms with E-state index in [0.29, 0.717) is 37.7 Å². The summed E-state index contributed by atoms with van der Waals surface area (Å²) in [5, 5.41) is 13.3. The highest BCUT2D eigenvalue weighted by atomic mass is 35.5. The predicted molar refractivity (Wildman–Crippen MR) is 122 cm³/mol. The van der Waals surface area contributed by atoms with Gasteiger partial charge in [0.25, 0.3) is 5.91 Å². The minimum Gasteiger partial charge on any atom is -0.465 e. The Kier molecular flexibility index (Phi) is 6.86. The van der Waals surface area contributed by atoms with Crippen LogP contribution in [-0.4, -0.2) is 19.0 Å². The predicted octanol–water partition coefficient (Wildman–Crippen LogP) is 6.26. The third kappa shape index (κ3) is 4.83. The number of aryl methyl sites for hydroxylation is 1. The van der Waals surface area contributed by atoms with Crippen LogP contribution in [0.1, 0.15) is 26.6 Å². The highest BCUT2D eigenvalue weighted by Crippen LogP contribution is 2.34. The number of nitrogens with zero attached hydrogens (tertiary/aromatic N) is 1. The number of rotatable bonds is 5. The molecule has 31 heavy (non-hydrogen) atoms. The summed E-state index contributed by atoms with van der Waals surface area (Å²) in [7, 11) is 1.27. The first-order valence-corrected chi connectivity index (χ1v) is 10.5. The van der Waals surface area contributed by atoms with E-state index in [1.54, 1.807) is 37.3 Å². The van der Waals surface area contributed by atoms with Crippen LogP contribution in [0.15, 0.2) is 40.3 Å². The lowest BCUT2D eigenvalue weighted by Crippen LogP contribution is -2.15. The number of thiophene rings is 1. The molecule has 0 atom stereocenters. The second-order valence-electron chi connectivity index (χ2n) is 6.43. The molecule has 2 heterocycles. The van der Waals surface area contributed by atoms with Gasteiger partial charge in [-0.05, 0) is 49.7 Å². The molecule has 3 aromatic rings. The summed E-state index contributed by atoms with van der Waals surface area (Å²) >= 11 is 13.4. The van der Waals surface area contributed by atoms with E-state index >= 15 is 0 Å². The van der Waals surface area contributed by atoms with E-state index in [-0.39, 0.29) is 11.1 Å². The quantitative estimate of drug-likeness (QED) is 0.267. The Morgan fingerprint density at radius 3 is 2.61 bits per heavy atom. The van der Waals surface area contributed by atoms with Crippen LogP contribution in [-0.2, 0) is 9.53 Å². The SMILES string of the molecule is COC(=O)c1c(NC(=O)/C(C#N)=C/c2ccc(-c3ccc(Cl)cc3Cl)o2)sc(C)c1C. The van der Waals surface area contributed by atoms with Crippen molar-refractivity contribution in [3.8, 4) is 17.4 Å². The minimum atomic E-state index is -0.670. The zero-order valence-corrected chi connectivity index (χ0v) is 19.0. The van der Waals surface area contributed by atoms with E-state index in [0.717, 1.165) is 4.88 Å². The monoisotopic (exact) mass is 474 g/mol. The molecule has 1 aromatic carbocycles. The van der Waals surface area contributed by atoms with Crippen LogP contribution >= 0.6 is 34.5 Å². The second-order valence-corrected chi connectivity index (χ2v) is 8.50. The summed E-state index contributed by atoms with van der Waals surface area (Å²) in [6.45, 7) is 3.59. The number of benzene rings is 1. The Labute approximate surface area is 192 Å². The molecule has 0 aliphatic heterocycles. The van der Waals surface area contributed by atoms with E-state index in [2.05, 4.69) is 5.32 Å². The van der Waals surface area contributed by atoms with Crippen molar-refractivity contribution in [3.63, 3.8) is 0 Å². The summed E-state index contributed by atoms with van der Waals surface area (Å²) in [5.74, 6) is -0.478.